The van der Waals surface area contributed by atoms with Gasteiger partial charge in [-0.05, 0) is 50.5 Å². The molecule has 0 radical (unpaired) electrons. The minimum absolute atomic E-state index is 0.0418. The van der Waals surface area contributed by atoms with Crippen LogP contribution in [0, 0.1) is 12.7 Å². The van der Waals surface area contributed by atoms with Gasteiger partial charge in [-0.25, -0.2) is 14.4 Å². The number of nitrogens with one attached hydrogen (secondary N) is 1. The monoisotopic (exact) mass is 393 g/mol. The average molecular weight is 393 g/mol. The van der Waals surface area contributed by atoms with E-state index in [9.17, 15) is 9.18 Å². The highest BCUT2D eigenvalue weighted by Gasteiger charge is 2.49. The lowest BCUT2D eigenvalue weighted by Crippen LogP contribution is -2.40. The van der Waals surface area contributed by atoms with Crippen molar-refractivity contribution in [3.8, 4) is 5.69 Å². The van der Waals surface area contributed by atoms with Crippen molar-refractivity contribution in [1.82, 2.24) is 29.9 Å². The largest absolute Gasteiger partial charge is 0.365 e. The number of nitrogens with zero attached hydrogens (tertiary/aromatic N) is 6. The summed E-state index contributed by atoms with van der Waals surface area (Å²) in [6.45, 7) is 1.86. The lowest BCUT2D eigenvalue weighted by molar-refractivity contribution is 0.0721. The van der Waals surface area contributed by atoms with E-state index in [1.54, 1.807) is 18.5 Å². The fraction of sp³-hybridized carbons (Fsp3) is 0.350. The first kappa shape index (κ1) is 17.7. The number of aryl methyl sites for hydroxylation is 1. The molecule has 1 N–H and O–H groups in total. The van der Waals surface area contributed by atoms with E-state index < -0.39 is 0 Å². The molecule has 2 aliphatic rings. The van der Waals surface area contributed by atoms with Crippen molar-refractivity contribution in [1.29, 1.82) is 0 Å². The van der Waals surface area contributed by atoms with Crippen LogP contribution in [0.5, 0.6) is 0 Å². The maximum atomic E-state index is 13.5. The van der Waals surface area contributed by atoms with Crippen LogP contribution in [0.25, 0.3) is 5.69 Å². The van der Waals surface area contributed by atoms with Gasteiger partial charge >= 0.3 is 0 Å². The first-order valence-electron chi connectivity index (χ1n) is 9.65. The Morgan fingerprint density at radius 3 is 2.76 bits per heavy atom. The van der Waals surface area contributed by atoms with Crippen LogP contribution in [0.1, 0.15) is 35.4 Å². The molecule has 2 aliphatic heterocycles. The van der Waals surface area contributed by atoms with Gasteiger partial charge in [0, 0.05) is 17.8 Å². The normalized spacial score (nSPS) is 22.8. The Bertz CT molecular complexity index is 1040. The van der Waals surface area contributed by atoms with Crippen molar-refractivity contribution in [3.63, 3.8) is 0 Å². The highest BCUT2D eigenvalue weighted by Crippen LogP contribution is 2.40. The van der Waals surface area contributed by atoms with Crippen LogP contribution in [0.4, 0.5) is 10.2 Å². The molecule has 0 spiro atoms. The van der Waals surface area contributed by atoms with E-state index in [4.69, 9.17) is 0 Å². The number of fused-ring (bicyclic) bond motifs is 2. The van der Waals surface area contributed by atoms with Crippen LogP contribution < -0.4 is 5.32 Å². The SMILES string of the molecule is Cc1ccc(-n2nccn2)c(C(=O)N2C3CCC2C(Nc2ccc(F)cn2)C3)n1. The van der Waals surface area contributed by atoms with Gasteiger partial charge in [0.25, 0.3) is 5.91 Å². The molecule has 0 aromatic carbocycles. The van der Waals surface area contributed by atoms with Gasteiger partial charge in [-0.1, -0.05) is 0 Å². The van der Waals surface area contributed by atoms with Crippen LogP contribution in [0.15, 0.2) is 42.9 Å². The van der Waals surface area contributed by atoms with Gasteiger partial charge < -0.3 is 10.2 Å². The topological polar surface area (TPSA) is 88.8 Å². The lowest BCUT2D eigenvalue weighted by atomic mass is 9.95. The molecule has 5 rings (SSSR count). The molecule has 2 bridgehead atoms. The van der Waals surface area contributed by atoms with Crippen LogP contribution >= 0.6 is 0 Å². The van der Waals surface area contributed by atoms with Crippen LogP contribution in [0.2, 0.25) is 0 Å². The Labute approximate surface area is 166 Å². The maximum absolute atomic E-state index is 13.5. The number of anilines is 1. The van der Waals surface area contributed by atoms with Gasteiger partial charge in [-0.2, -0.15) is 10.2 Å². The Kier molecular flexibility index (Phi) is 4.22. The summed E-state index contributed by atoms with van der Waals surface area (Å²) in [5.74, 6) is 0.141. The molecule has 1 amide bonds. The van der Waals surface area contributed by atoms with Gasteiger partial charge in [-0.3, -0.25) is 4.79 Å². The summed E-state index contributed by atoms with van der Waals surface area (Å²) in [4.78, 5) is 25.5. The molecule has 3 atom stereocenters. The second-order valence-electron chi connectivity index (χ2n) is 7.50. The second-order valence-corrected chi connectivity index (χ2v) is 7.50. The number of aromatic nitrogens is 5. The van der Waals surface area contributed by atoms with E-state index in [-0.39, 0.29) is 29.8 Å². The summed E-state index contributed by atoms with van der Waals surface area (Å²) in [6, 6.07) is 6.94. The molecule has 3 unspecified atom stereocenters. The van der Waals surface area contributed by atoms with Crippen molar-refractivity contribution < 1.29 is 9.18 Å². The standard InChI is InChI=1S/C20H20FN7O/c1-12-2-5-17(28-23-8-9-24-28)19(25-12)20(29)27-14-4-6-16(27)15(10-14)26-18-7-3-13(21)11-22-18/h2-3,5,7-9,11,14-16H,4,6,10H2,1H3,(H,22,26). The molecule has 0 aliphatic carbocycles. The number of halogens is 1. The van der Waals surface area contributed by atoms with Gasteiger partial charge in [0.1, 0.15) is 17.3 Å². The molecule has 5 heterocycles. The second kappa shape index (κ2) is 6.91. The van der Waals surface area contributed by atoms with Crippen molar-refractivity contribution >= 4 is 11.7 Å². The van der Waals surface area contributed by atoms with Gasteiger partial charge in [-0.15, -0.1) is 4.80 Å². The van der Waals surface area contributed by atoms with Crippen LogP contribution in [-0.4, -0.2) is 53.9 Å². The van der Waals surface area contributed by atoms with Gasteiger partial charge in [0.2, 0.25) is 0 Å². The molecule has 9 heteroatoms. The smallest absolute Gasteiger partial charge is 0.275 e. The Morgan fingerprint density at radius 2 is 2.00 bits per heavy atom. The molecule has 2 fully saturated rings. The summed E-state index contributed by atoms with van der Waals surface area (Å²) < 4.78 is 13.1. The van der Waals surface area contributed by atoms with E-state index >= 15 is 0 Å². The number of amides is 1. The van der Waals surface area contributed by atoms with E-state index in [2.05, 4.69) is 25.5 Å². The summed E-state index contributed by atoms with van der Waals surface area (Å²) in [5.41, 5.74) is 1.70. The quantitative estimate of drug-likeness (QED) is 0.732. The zero-order valence-corrected chi connectivity index (χ0v) is 15.9. The third kappa shape index (κ3) is 3.12. The number of pyridine rings is 2. The lowest BCUT2D eigenvalue weighted by Gasteiger charge is -2.25. The Balaban J connectivity index is 1.42. The molecule has 29 heavy (non-hydrogen) atoms. The first-order chi connectivity index (χ1) is 14.1. The Hall–Kier alpha value is -3.36. The fourth-order valence-electron chi connectivity index (χ4n) is 4.44. The van der Waals surface area contributed by atoms with Crippen molar-refractivity contribution in [2.75, 3.05) is 5.32 Å². The van der Waals surface area contributed by atoms with E-state index in [1.165, 1.54) is 17.1 Å². The fourth-order valence-corrected chi connectivity index (χ4v) is 4.44. The Morgan fingerprint density at radius 1 is 1.17 bits per heavy atom. The molecular formula is C20H20FN7O. The predicted molar refractivity (Wildman–Crippen MR) is 103 cm³/mol. The zero-order chi connectivity index (χ0) is 20.0. The number of hydrogen-bond acceptors (Lipinski definition) is 6. The van der Waals surface area contributed by atoms with Crippen molar-refractivity contribution in [3.05, 3.63) is 60.1 Å². The summed E-state index contributed by atoms with van der Waals surface area (Å²) >= 11 is 0. The number of hydrogen-bond donors (Lipinski definition) is 1. The number of carbonyl (C=O) groups is 1. The van der Waals surface area contributed by atoms with E-state index in [0.29, 0.717) is 17.2 Å². The maximum Gasteiger partial charge on any atom is 0.275 e. The summed E-state index contributed by atoms with van der Waals surface area (Å²) in [6.07, 6.45) is 7.05. The molecule has 148 valence electrons. The van der Waals surface area contributed by atoms with Gasteiger partial charge in [0.05, 0.1) is 24.6 Å². The zero-order valence-electron chi connectivity index (χ0n) is 15.9. The summed E-state index contributed by atoms with van der Waals surface area (Å²) in [5, 5.41) is 11.7. The van der Waals surface area contributed by atoms with Crippen LogP contribution in [0.3, 0.4) is 0 Å². The van der Waals surface area contributed by atoms with Crippen molar-refractivity contribution in [2.45, 2.75) is 44.3 Å². The minimum atomic E-state index is -0.370. The molecule has 2 saturated heterocycles. The van der Waals surface area contributed by atoms with Crippen LogP contribution in [-0.2, 0) is 0 Å². The first-order valence-corrected chi connectivity index (χ1v) is 9.65. The van der Waals surface area contributed by atoms with Gasteiger partial charge in [0.15, 0.2) is 5.69 Å². The highest BCUT2D eigenvalue weighted by atomic mass is 19.1. The molecule has 8 nitrogen and oxygen atoms in total. The summed E-state index contributed by atoms with van der Waals surface area (Å²) in [7, 11) is 0. The number of rotatable bonds is 4. The predicted octanol–water partition coefficient (Wildman–Crippen LogP) is 2.36. The third-order valence-corrected chi connectivity index (χ3v) is 5.68. The molecular weight excluding hydrogens is 373 g/mol. The minimum Gasteiger partial charge on any atom is -0.365 e. The molecule has 3 aromatic rings. The van der Waals surface area contributed by atoms with E-state index in [0.717, 1.165) is 25.0 Å². The van der Waals surface area contributed by atoms with E-state index in [1.807, 2.05) is 24.0 Å². The average Bonchev–Trinajstić information content (AvgIpc) is 3.45. The third-order valence-electron chi connectivity index (χ3n) is 5.68. The molecule has 0 saturated carbocycles. The number of carbonyl (C=O) groups excluding carboxylic acids is 1. The van der Waals surface area contributed by atoms with Crippen molar-refractivity contribution in [2.24, 2.45) is 0 Å². The molecule has 3 aromatic heterocycles. The highest BCUT2D eigenvalue weighted by molar-refractivity contribution is 5.96.